The van der Waals surface area contributed by atoms with Crippen LogP contribution in [0.25, 0.3) is 33.2 Å². The number of aryl methyl sites for hydroxylation is 1. The molecule has 0 bridgehead atoms. The summed E-state index contributed by atoms with van der Waals surface area (Å²) in [7, 11) is 0. The predicted octanol–water partition coefficient (Wildman–Crippen LogP) is 5.29. The van der Waals surface area contributed by atoms with Gasteiger partial charge < -0.3 is 0 Å². The zero-order valence-corrected chi connectivity index (χ0v) is 14.7. The normalized spacial score (nSPS) is 11.9. The summed E-state index contributed by atoms with van der Waals surface area (Å²) in [4.78, 5) is 17.9. The Hall–Kier alpha value is -3.77. The third-order valence-corrected chi connectivity index (χ3v) is 5.20. The summed E-state index contributed by atoms with van der Waals surface area (Å²) in [6.07, 6.45) is 0. The minimum absolute atomic E-state index is 0.0625. The summed E-state index contributed by atoms with van der Waals surface area (Å²) in [5, 5.41) is 12.0. The number of hydrogen-bond acceptors (Lipinski definition) is 3. The van der Waals surface area contributed by atoms with Gasteiger partial charge in [-0.1, -0.05) is 66.7 Å². The molecule has 3 nitrogen and oxygen atoms in total. The number of rotatable bonds is 1. The summed E-state index contributed by atoms with van der Waals surface area (Å²) < 4.78 is 0. The van der Waals surface area contributed by atoms with Crippen molar-refractivity contribution >= 4 is 16.6 Å². The van der Waals surface area contributed by atoms with Gasteiger partial charge in [-0.2, -0.15) is 5.26 Å². The lowest BCUT2D eigenvalue weighted by atomic mass is 9.89. The average molecular weight is 346 g/mol. The van der Waals surface area contributed by atoms with Crippen LogP contribution in [0, 0.1) is 18.3 Å². The number of aromatic nitrogens is 1. The van der Waals surface area contributed by atoms with Gasteiger partial charge in [0, 0.05) is 16.7 Å². The van der Waals surface area contributed by atoms with Crippen LogP contribution in [0.5, 0.6) is 0 Å². The highest BCUT2D eigenvalue weighted by Crippen LogP contribution is 2.44. The molecule has 1 aliphatic rings. The molecule has 0 saturated carbocycles. The predicted molar refractivity (Wildman–Crippen MR) is 105 cm³/mol. The van der Waals surface area contributed by atoms with Crippen molar-refractivity contribution in [1.82, 2.24) is 4.98 Å². The maximum absolute atomic E-state index is 13.2. The Balaban J connectivity index is 1.96. The average Bonchev–Trinajstić information content (AvgIpc) is 2.99. The number of nitrogens with zero attached hydrogens (tertiary/aromatic N) is 2. The van der Waals surface area contributed by atoms with Crippen LogP contribution in [0.1, 0.15) is 27.2 Å². The van der Waals surface area contributed by atoms with Gasteiger partial charge in [-0.3, -0.25) is 9.78 Å². The van der Waals surface area contributed by atoms with E-state index in [2.05, 4.69) is 11.1 Å². The molecule has 0 unspecified atom stereocenters. The van der Waals surface area contributed by atoms with Crippen molar-refractivity contribution in [2.45, 2.75) is 6.92 Å². The summed E-state index contributed by atoms with van der Waals surface area (Å²) in [6.45, 7) is 1.83. The van der Waals surface area contributed by atoms with Gasteiger partial charge in [0.1, 0.15) is 6.07 Å². The van der Waals surface area contributed by atoms with E-state index in [0.29, 0.717) is 33.6 Å². The highest BCUT2D eigenvalue weighted by atomic mass is 16.1. The van der Waals surface area contributed by atoms with Crippen molar-refractivity contribution in [2.24, 2.45) is 0 Å². The molecule has 0 spiro atoms. The van der Waals surface area contributed by atoms with Gasteiger partial charge in [-0.25, -0.2) is 0 Å². The molecule has 1 heterocycles. The number of carbonyl (C=O) groups excluding carboxylic acids is 1. The van der Waals surface area contributed by atoms with E-state index in [4.69, 9.17) is 0 Å². The van der Waals surface area contributed by atoms with Crippen LogP contribution in [0.15, 0.2) is 66.7 Å². The molecule has 0 aliphatic heterocycles. The minimum atomic E-state index is -0.0625. The first kappa shape index (κ1) is 15.5. The van der Waals surface area contributed by atoms with Crippen LogP contribution in [0.3, 0.4) is 0 Å². The Labute approximate surface area is 156 Å². The van der Waals surface area contributed by atoms with Crippen LogP contribution in [-0.2, 0) is 0 Å². The van der Waals surface area contributed by atoms with Crippen molar-refractivity contribution in [2.75, 3.05) is 0 Å². The van der Waals surface area contributed by atoms with Gasteiger partial charge in [0.15, 0.2) is 5.78 Å². The summed E-state index contributed by atoms with van der Waals surface area (Å²) in [5.74, 6) is -0.0625. The van der Waals surface area contributed by atoms with Gasteiger partial charge >= 0.3 is 0 Å². The standard InChI is InChI=1S/C24H14N2O/c1-14-20(13-25)21(17-12-6-8-15-7-2-3-9-16(15)17)22-23(26-14)18-10-4-5-11-19(18)24(22)27/h2-12H,1H3. The SMILES string of the molecule is Cc1nc2c(c(-c3cccc4ccccc34)c1C#N)C(=O)c1ccccc1-2. The van der Waals surface area contributed by atoms with Crippen LogP contribution >= 0.6 is 0 Å². The van der Waals surface area contributed by atoms with E-state index in [0.717, 1.165) is 21.9 Å². The first-order valence-corrected chi connectivity index (χ1v) is 8.77. The summed E-state index contributed by atoms with van der Waals surface area (Å²) in [5.41, 5.74) is 5.40. The molecule has 0 saturated heterocycles. The van der Waals surface area contributed by atoms with E-state index in [1.807, 2.05) is 73.7 Å². The van der Waals surface area contributed by atoms with Crippen molar-refractivity contribution in [1.29, 1.82) is 5.26 Å². The van der Waals surface area contributed by atoms with Crippen LogP contribution in [-0.4, -0.2) is 10.8 Å². The Morgan fingerprint density at radius 2 is 1.48 bits per heavy atom. The lowest BCUT2D eigenvalue weighted by Gasteiger charge is -2.14. The number of nitriles is 1. The molecular weight excluding hydrogens is 332 g/mol. The van der Waals surface area contributed by atoms with Gasteiger partial charge in [-0.05, 0) is 23.3 Å². The van der Waals surface area contributed by atoms with Crippen molar-refractivity contribution in [3.63, 3.8) is 0 Å². The molecule has 1 aromatic heterocycles. The molecule has 0 N–H and O–H groups in total. The van der Waals surface area contributed by atoms with E-state index in [9.17, 15) is 10.1 Å². The lowest BCUT2D eigenvalue weighted by molar-refractivity contribution is 0.104. The van der Waals surface area contributed by atoms with Crippen molar-refractivity contribution in [3.05, 3.63) is 89.1 Å². The number of ketones is 1. The zero-order valence-electron chi connectivity index (χ0n) is 14.7. The smallest absolute Gasteiger partial charge is 0.196 e. The number of hydrogen-bond donors (Lipinski definition) is 0. The molecule has 4 aromatic rings. The molecule has 27 heavy (non-hydrogen) atoms. The number of fused-ring (bicyclic) bond motifs is 4. The molecular formula is C24H14N2O. The van der Waals surface area contributed by atoms with Crippen LogP contribution in [0.4, 0.5) is 0 Å². The van der Waals surface area contributed by atoms with Gasteiger partial charge in [0.05, 0.1) is 22.5 Å². The Kier molecular flexibility index (Phi) is 3.22. The van der Waals surface area contributed by atoms with E-state index >= 15 is 0 Å². The molecule has 0 atom stereocenters. The molecule has 3 heteroatoms. The molecule has 0 radical (unpaired) electrons. The van der Waals surface area contributed by atoms with E-state index in [1.165, 1.54) is 0 Å². The Morgan fingerprint density at radius 1 is 0.815 bits per heavy atom. The largest absolute Gasteiger partial charge is 0.288 e. The van der Waals surface area contributed by atoms with Gasteiger partial charge in [0.25, 0.3) is 0 Å². The van der Waals surface area contributed by atoms with Gasteiger partial charge in [-0.15, -0.1) is 0 Å². The van der Waals surface area contributed by atoms with E-state index in [1.54, 1.807) is 0 Å². The molecule has 3 aromatic carbocycles. The highest BCUT2D eigenvalue weighted by molar-refractivity contribution is 6.25. The minimum Gasteiger partial charge on any atom is -0.288 e. The topological polar surface area (TPSA) is 53.8 Å². The number of pyridine rings is 1. The first-order chi connectivity index (χ1) is 13.2. The molecule has 1 aliphatic carbocycles. The van der Waals surface area contributed by atoms with E-state index in [-0.39, 0.29) is 5.78 Å². The maximum Gasteiger partial charge on any atom is 0.196 e. The second-order valence-electron chi connectivity index (χ2n) is 6.68. The molecule has 5 rings (SSSR count). The Morgan fingerprint density at radius 3 is 2.30 bits per heavy atom. The fraction of sp³-hybridized carbons (Fsp3) is 0.0417. The molecule has 0 fully saturated rings. The summed E-state index contributed by atoms with van der Waals surface area (Å²) in [6, 6.07) is 23.8. The van der Waals surface area contributed by atoms with E-state index < -0.39 is 0 Å². The fourth-order valence-corrected chi connectivity index (χ4v) is 3.99. The second kappa shape index (κ2) is 5.62. The quantitative estimate of drug-likeness (QED) is 0.414. The third-order valence-electron chi connectivity index (χ3n) is 5.20. The number of benzene rings is 3. The molecule has 126 valence electrons. The monoisotopic (exact) mass is 346 g/mol. The van der Waals surface area contributed by atoms with Crippen molar-refractivity contribution in [3.8, 4) is 28.5 Å². The summed E-state index contributed by atoms with van der Waals surface area (Å²) >= 11 is 0. The number of carbonyl (C=O) groups is 1. The van der Waals surface area contributed by atoms with Crippen LogP contribution in [0.2, 0.25) is 0 Å². The first-order valence-electron chi connectivity index (χ1n) is 8.77. The maximum atomic E-state index is 13.2. The van der Waals surface area contributed by atoms with Crippen molar-refractivity contribution < 1.29 is 4.79 Å². The molecule has 0 amide bonds. The van der Waals surface area contributed by atoms with Gasteiger partial charge in [0.2, 0.25) is 0 Å². The fourth-order valence-electron chi connectivity index (χ4n) is 3.99. The third kappa shape index (κ3) is 2.07. The lowest BCUT2D eigenvalue weighted by Crippen LogP contribution is -2.04. The zero-order chi connectivity index (χ0) is 18.5. The Bertz CT molecular complexity index is 1310. The highest BCUT2D eigenvalue weighted by Gasteiger charge is 2.33. The second-order valence-corrected chi connectivity index (χ2v) is 6.68. The van der Waals surface area contributed by atoms with Crippen LogP contribution < -0.4 is 0 Å².